The van der Waals surface area contributed by atoms with Crippen molar-refractivity contribution in [2.24, 2.45) is 0 Å². The van der Waals surface area contributed by atoms with E-state index in [1.54, 1.807) is 0 Å². The first-order valence-corrected chi connectivity index (χ1v) is 9.20. The molecule has 0 aromatic heterocycles. The van der Waals surface area contributed by atoms with Gasteiger partial charge in [-0.2, -0.15) is 11.8 Å². The molecule has 0 bridgehead atoms. The molecule has 0 aliphatic carbocycles. The van der Waals surface area contributed by atoms with E-state index in [1.165, 1.54) is 34.1 Å². The Balaban J connectivity index is 2.35. The molecule has 0 saturated carbocycles. The second kappa shape index (κ2) is 8.93. The molecule has 108 valence electrons. The highest BCUT2D eigenvalue weighted by Crippen LogP contribution is 2.21. The summed E-state index contributed by atoms with van der Waals surface area (Å²) in [4.78, 5) is 1.40. The largest absolute Gasteiger partial charge is 0.308 e. The lowest BCUT2D eigenvalue weighted by atomic mass is 10.1. The van der Waals surface area contributed by atoms with E-state index in [1.807, 2.05) is 23.5 Å². The van der Waals surface area contributed by atoms with Crippen LogP contribution in [-0.4, -0.2) is 22.8 Å². The van der Waals surface area contributed by atoms with Crippen molar-refractivity contribution >= 4 is 23.5 Å². The van der Waals surface area contributed by atoms with E-state index in [-0.39, 0.29) is 5.54 Å². The molecule has 1 rings (SSSR count). The highest BCUT2D eigenvalue weighted by molar-refractivity contribution is 8.00. The molecule has 0 aliphatic heterocycles. The third-order valence-electron chi connectivity index (χ3n) is 2.63. The predicted molar refractivity (Wildman–Crippen MR) is 91.4 cm³/mol. The van der Waals surface area contributed by atoms with Gasteiger partial charge in [0.05, 0.1) is 0 Å². The molecule has 0 fully saturated rings. The Bertz CT molecular complexity index is 358. The fraction of sp³-hybridized carbons (Fsp3) is 0.625. The highest BCUT2D eigenvalue weighted by Gasteiger charge is 2.08. The topological polar surface area (TPSA) is 12.0 Å². The zero-order valence-corrected chi connectivity index (χ0v) is 14.3. The van der Waals surface area contributed by atoms with Crippen LogP contribution in [0.1, 0.15) is 39.7 Å². The second-order valence-corrected chi connectivity index (χ2v) is 8.21. The van der Waals surface area contributed by atoms with Crippen LogP contribution in [0.5, 0.6) is 0 Å². The Labute approximate surface area is 127 Å². The summed E-state index contributed by atoms with van der Waals surface area (Å²) in [6.45, 7) is 9.79. The predicted octanol–water partition coefficient (Wildman–Crippen LogP) is 4.81. The standard InChI is InChI=1S/C16H27NS2/c1-5-18-10-7-11-19-15-9-6-8-14(12-15)13-17-16(2,3)4/h6,8-9,12,17H,5,7,10-11,13H2,1-4H3. The minimum atomic E-state index is 0.181. The van der Waals surface area contributed by atoms with Crippen LogP contribution in [0.4, 0.5) is 0 Å². The van der Waals surface area contributed by atoms with E-state index in [0.717, 1.165) is 6.54 Å². The first-order chi connectivity index (χ1) is 9.01. The molecule has 0 unspecified atom stereocenters. The average molecular weight is 298 g/mol. The summed E-state index contributed by atoms with van der Waals surface area (Å²) in [5.41, 5.74) is 1.56. The smallest absolute Gasteiger partial charge is 0.0210 e. The van der Waals surface area contributed by atoms with Gasteiger partial charge in [-0.05, 0) is 62.1 Å². The lowest BCUT2D eigenvalue weighted by Gasteiger charge is -2.20. The van der Waals surface area contributed by atoms with E-state index in [2.05, 4.69) is 57.3 Å². The fourth-order valence-electron chi connectivity index (χ4n) is 1.61. The average Bonchev–Trinajstić information content (AvgIpc) is 2.36. The first kappa shape index (κ1) is 16.9. The number of hydrogen-bond donors (Lipinski definition) is 1. The van der Waals surface area contributed by atoms with Gasteiger partial charge in [0.15, 0.2) is 0 Å². The van der Waals surface area contributed by atoms with Crippen molar-refractivity contribution in [2.75, 3.05) is 17.3 Å². The van der Waals surface area contributed by atoms with Crippen molar-refractivity contribution in [2.45, 2.75) is 51.1 Å². The molecular weight excluding hydrogens is 270 g/mol. The summed E-state index contributed by atoms with van der Waals surface area (Å²) in [6, 6.07) is 8.91. The Morgan fingerprint density at radius 3 is 2.63 bits per heavy atom. The van der Waals surface area contributed by atoms with Crippen molar-refractivity contribution in [3.05, 3.63) is 29.8 Å². The first-order valence-electron chi connectivity index (χ1n) is 7.06. The van der Waals surface area contributed by atoms with Crippen LogP contribution in [0.25, 0.3) is 0 Å². The molecule has 1 aromatic carbocycles. The summed E-state index contributed by atoms with van der Waals surface area (Å²) >= 11 is 4.01. The number of rotatable bonds is 8. The molecule has 0 heterocycles. The zero-order valence-electron chi connectivity index (χ0n) is 12.7. The zero-order chi connectivity index (χ0) is 14.1. The van der Waals surface area contributed by atoms with Crippen LogP contribution in [0.2, 0.25) is 0 Å². The van der Waals surface area contributed by atoms with Gasteiger partial charge in [0.1, 0.15) is 0 Å². The minimum Gasteiger partial charge on any atom is -0.308 e. The van der Waals surface area contributed by atoms with Crippen molar-refractivity contribution in [1.82, 2.24) is 5.32 Å². The minimum absolute atomic E-state index is 0.181. The maximum Gasteiger partial charge on any atom is 0.0210 e. The molecule has 0 amide bonds. The molecule has 0 radical (unpaired) electrons. The lowest BCUT2D eigenvalue weighted by Crippen LogP contribution is -2.35. The summed E-state index contributed by atoms with van der Waals surface area (Å²) < 4.78 is 0. The fourth-order valence-corrected chi connectivity index (χ4v) is 3.36. The Morgan fingerprint density at radius 1 is 1.16 bits per heavy atom. The molecular formula is C16H27NS2. The number of hydrogen-bond acceptors (Lipinski definition) is 3. The number of thioether (sulfide) groups is 2. The van der Waals surface area contributed by atoms with Crippen LogP contribution in [0.15, 0.2) is 29.2 Å². The molecule has 0 aliphatic rings. The number of benzene rings is 1. The van der Waals surface area contributed by atoms with Gasteiger partial charge in [0, 0.05) is 17.0 Å². The van der Waals surface area contributed by atoms with Gasteiger partial charge in [-0.15, -0.1) is 11.8 Å². The molecule has 19 heavy (non-hydrogen) atoms. The second-order valence-electron chi connectivity index (χ2n) is 5.65. The molecule has 3 heteroatoms. The summed E-state index contributed by atoms with van der Waals surface area (Å²) in [7, 11) is 0. The third-order valence-corrected chi connectivity index (χ3v) is 4.69. The van der Waals surface area contributed by atoms with Gasteiger partial charge in [0.25, 0.3) is 0 Å². The van der Waals surface area contributed by atoms with Crippen molar-refractivity contribution in [1.29, 1.82) is 0 Å². The van der Waals surface area contributed by atoms with E-state index in [0.29, 0.717) is 0 Å². The summed E-state index contributed by atoms with van der Waals surface area (Å²) in [6.07, 6.45) is 1.30. The number of nitrogens with one attached hydrogen (secondary N) is 1. The maximum atomic E-state index is 3.54. The van der Waals surface area contributed by atoms with Crippen LogP contribution in [-0.2, 0) is 6.54 Å². The van der Waals surface area contributed by atoms with E-state index in [9.17, 15) is 0 Å². The molecule has 1 aromatic rings. The monoisotopic (exact) mass is 297 g/mol. The van der Waals surface area contributed by atoms with Crippen LogP contribution in [0.3, 0.4) is 0 Å². The van der Waals surface area contributed by atoms with Crippen LogP contribution < -0.4 is 5.32 Å². The summed E-state index contributed by atoms with van der Waals surface area (Å²) in [5.74, 6) is 3.75. The van der Waals surface area contributed by atoms with Crippen molar-refractivity contribution in [3.8, 4) is 0 Å². The van der Waals surface area contributed by atoms with Crippen LogP contribution >= 0.6 is 23.5 Å². The van der Waals surface area contributed by atoms with Gasteiger partial charge < -0.3 is 5.32 Å². The SMILES string of the molecule is CCSCCCSc1cccc(CNC(C)(C)C)c1. The van der Waals surface area contributed by atoms with Gasteiger partial charge in [-0.25, -0.2) is 0 Å². The van der Waals surface area contributed by atoms with E-state index < -0.39 is 0 Å². The van der Waals surface area contributed by atoms with E-state index in [4.69, 9.17) is 0 Å². The highest BCUT2D eigenvalue weighted by atomic mass is 32.2. The van der Waals surface area contributed by atoms with Crippen molar-refractivity contribution < 1.29 is 0 Å². The molecule has 0 atom stereocenters. The Morgan fingerprint density at radius 2 is 1.95 bits per heavy atom. The Kier molecular flexibility index (Phi) is 7.96. The molecule has 0 spiro atoms. The van der Waals surface area contributed by atoms with Gasteiger partial charge in [-0.1, -0.05) is 19.1 Å². The van der Waals surface area contributed by atoms with Crippen molar-refractivity contribution in [3.63, 3.8) is 0 Å². The normalized spacial score (nSPS) is 11.8. The van der Waals surface area contributed by atoms with Gasteiger partial charge in [0.2, 0.25) is 0 Å². The molecule has 1 nitrogen and oxygen atoms in total. The molecule has 1 N–H and O–H groups in total. The third kappa shape index (κ3) is 8.61. The molecule has 0 saturated heterocycles. The van der Waals surface area contributed by atoms with Gasteiger partial charge >= 0.3 is 0 Å². The van der Waals surface area contributed by atoms with E-state index >= 15 is 0 Å². The Hall–Kier alpha value is -0.120. The van der Waals surface area contributed by atoms with Crippen LogP contribution in [0, 0.1) is 0 Å². The quantitative estimate of drug-likeness (QED) is 0.546. The maximum absolute atomic E-state index is 3.54. The van der Waals surface area contributed by atoms with Gasteiger partial charge in [-0.3, -0.25) is 0 Å². The summed E-state index contributed by atoms with van der Waals surface area (Å²) in [5, 5.41) is 3.54. The lowest BCUT2D eigenvalue weighted by molar-refractivity contribution is 0.424.